The Kier molecular flexibility index (Phi) is 5.04. The molecule has 0 radical (unpaired) electrons. The van der Waals surface area contributed by atoms with Crippen LogP contribution in [0.5, 0.6) is 5.88 Å². The van der Waals surface area contributed by atoms with Gasteiger partial charge in [0.15, 0.2) is 0 Å². The van der Waals surface area contributed by atoms with E-state index in [1.807, 2.05) is 13.8 Å². The van der Waals surface area contributed by atoms with Crippen molar-refractivity contribution in [2.45, 2.75) is 20.3 Å². The van der Waals surface area contributed by atoms with Crippen molar-refractivity contribution in [1.82, 2.24) is 9.97 Å². The highest BCUT2D eigenvalue weighted by Crippen LogP contribution is 2.30. The van der Waals surface area contributed by atoms with Crippen molar-refractivity contribution < 1.29 is 9.66 Å². The van der Waals surface area contributed by atoms with Gasteiger partial charge in [0.1, 0.15) is 6.33 Å². The van der Waals surface area contributed by atoms with Gasteiger partial charge < -0.3 is 10.1 Å². The number of anilines is 1. The van der Waals surface area contributed by atoms with Crippen LogP contribution in [-0.2, 0) is 0 Å². The molecule has 0 aliphatic rings. The first kappa shape index (κ1) is 13.9. The van der Waals surface area contributed by atoms with E-state index in [2.05, 4.69) is 21.9 Å². The lowest BCUT2D eigenvalue weighted by Gasteiger charge is -2.08. The molecule has 0 aliphatic heterocycles. The Balaban J connectivity index is 2.92. The van der Waals surface area contributed by atoms with Crippen LogP contribution in [0.4, 0.5) is 11.5 Å². The third kappa shape index (κ3) is 3.69. The molecule has 7 heteroatoms. The zero-order valence-corrected chi connectivity index (χ0v) is 10.5. The Hall–Kier alpha value is -2.18. The summed E-state index contributed by atoms with van der Waals surface area (Å²) in [6, 6.07) is 0. The molecule has 18 heavy (non-hydrogen) atoms. The maximum atomic E-state index is 11.0. The first-order valence-electron chi connectivity index (χ1n) is 5.56. The van der Waals surface area contributed by atoms with Crippen molar-refractivity contribution in [3.63, 3.8) is 0 Å². The Morgan fingerprint density at radius 2 is 2.33 bits per heavy atom. The monoisotopic (exact) mass is 252 g/mol. The average Bonchev–Trinajstić information content (AvgIpc) is 2.28. The van der Waals surface area contributed by atoms with Crippen molar-refractivity contribution in [1.29, 1.82) is 0 Å². The van der Waals surface area contributed by atoms with Crippen LogP contribution in [0.15, 0.2) is 18.5 Å². The largest absolute Gasteiger partial charge is 0.472 e. The van der Waals surface area contributed by atoms with E-state index in [-0.39, 0.29) is 17.4 Å². The van der Waals surface area contributed by atoms with Gasteiger partial charge in [-0.3, -0.25) is 10.1 Å². The van der Waals surface area contributed by atoms with E-state index in [4.69, 9.17) is 4.74 Å². The van der Waals surface area contributed by atoms with Gasteiger partial charge in [-0.15, -0.1) is 6.58 Å². The molecule has 1 aromatic heterocycles. The fraction of sp³-hybridized carbons (Fsp3) is 0.455. The topological polar surface area (TPSA) is 90.2 Å². The second-order valence-corrected chi connectivity index (χ2v) is 3.72. The number of nitrogens with zero attached hydrogens (tertiary/aromatic N) is 3. The number of hydrogen-bond acceptors (Lipinski definition) is 6. The number of rotatable bonds is 7. The van der Waals surface area contributed by atoms with Crippen molar-refractivity contribution in [2.24, 2.45) is 0 Å². The number of aromatic nitrogens is 2. The standard InChI is InChI=1S/C11H16N4O3/c1-4-12-10-9(15(16)17)11(14-7-13-10)18-6-5-8(2)3/h7H,2,4-6H2,1,3H3,(H,12,13,14). The van der Waals surface area contributed by atoms with Gasteiger partial charge in [-0.05, 0) is 13.8 Å². The molecule has 0 atom stereocenters. The van der Waals surface area contributed by atoms with Crippen LogP contribution in [0.25, 0.3) is 0 Å². The number of nitro groups is 1. The Morgan fingerprint density at radius 3 is 2.89 bits per heavy atom. The second-order valence-electron chi connectivity index (χ2n) is 3.72. The molecule has 0 spiro atoms. The predicted molar refractivity (Wildman–Crippen MR) is 67.8 cm³/mol. The highest BCUT2D eigenvalue weighted by molar-refractivity contribution is 5.60. The molecule has 0 bridgehead atoms. The summed E-state index contributed by atoms with van der Waals surface area (Å²) in [5.74, 6) is 0.148. The molecular weight excluding hydrogens is 236 g/mol. The van der Waals surface area contributed by atoms with Crippen LogP contribution >= 0.6 is 0 Å². The summed E-state index contributed by atoms with van der Waals surface area (Å²) >= 11 is 0. The van der Waals surface area contributed by atoms with E-state index in [0.717, 1.165) is 5.57 Å². The lowest BCUT2D eigenvalue weighted by molar-refractivity contribution is -0.385. The Labute approximate surface area is 105 Å². The van der Waals surface area contributed by atoms with Gasteiger partial charge in [0.25, 0.3) is 5.88 Å². The predicted octanol–water partition coefficient (Wildman–Crippen LogP) is 2.16. The minimum absolute atomic E-state index is 0.0211. The SMILES string of the molecule is C=C(C)CCOc1ncnc(NCC)c1[N+](=O)[O-]. The molecule has 0 unspecified atom stereocenters. The van der Waals surface area contributed by atoms with Crippen molar-refractivity contribution in [3.05, 3.63) is 28.6 Å². The van der Waals surface area contributed by atoms with Gasteiger partial charge in [0, 0.05) is 13.0 Å². The van der Waals surface area contributed by atoms with E-state index >= 15 is 0 Å². The van der Waals surface area contributed by atoms with Crippen LogP contribution in [0.3, 0.4) is 0 Å². The third-order valence-corrected chi connectivity index (χ3v) is 2.08. The molecular formula is C11H16N4O3. The van der Waals surface area contributed by atoms with Gasteiger partial charge in [-0.25, -0.2) is 4.98 Å². The van der Waals surface area contributed by atoms with Crippen molar-refractivity contribution in [3.8, 4) is 5.88 Å². The molecule has 0 saturated heterocycles. The quantitative estimate of drug-likeness (QED) is 0.454. The summed E-state index contributed by atoms with van der Waals surface area (Å²) in [7, 11) is 0. The van der Waals surface area contributed by atoms with Gasteiger partial charge in [-0.2, -0.15) is 4.98 Å². The Bertz CT molecular complexity index is 448. The summed E-state index contributed by atoms with van der Waals surface area (Å²) in [6.07, 6.45) is 1.86. The smallest absolute Gasteiger partial charge is 0.372 e. The van der Waals surface area contributed by atoms with Crippen LogP contribution in [0.2, 0.25) is 0 Å². The summed E-state index contributed by atoms with van der Waals surface area (Å²) in [5.41, 5.74) is 0.708. The highest BCUT2D eigenvalue weighted by atomic mass is 16.6. The number of ether oxygens (including phenoxy) is 1. The van der Waals surface area contributed by atoms with Crippen LogP contribution in [0.1, 0.15) is 20.3 Å². The molecule has 1 heterocycles. The number of nitrogens with one attached hydrogen (secondary N) is 1. The van der Waals surface area contributed by atoms with Gasteiger partial charge >= 0.3 is 5.69 Å². The molecule has 1 aromatic rings. The fourth-order valence-corrected chi connectivity index (χ4v) is 1.25. The maximum Gasteiger partial charge on any atom is 0.372 e. The molecule has 98 valence electrons. The summed E-state index contributed by atoms with van der Waals surface area (Å²) in [4.78, 5) is 18.1. The minimum Gasteiger partial charge on any atom is -0.472 e. The van der Waals surface area contributed by atoms with Crippen LogP contribution < -0.4 is 10.1 Å². The summed E-state index contributed by atoms with van der Waals surface area (Å²) < 4.78 is 5.30. The Morgan fingerprint density at radius 1 is 1.61 bits per heavy atom. The molecule has 7 nitrogen and oxygen atoms in total. The van der Waals surface area contributed by atoms with Crippen molar-refractivity contribution in [2.75, 3.05) is 18.5 Å². The molecule has 0 fully saturated rings. The zero-order valence-electron chi connectivity index (χ0n) is 10.5. The van der Waals surface area contributed by atoms with E-state index in [1.54, 1.807) is 0 Å². The molecule has 1 rings (SSSR count). The zero-order chi connectivity index (χ0) is 13.5. The first-order valence-corrected chi connectivity index (χ1v) is 5.56. The lowest BCUT2D eigenvalue weighted by atomic mass is 10.3. The minimum atomic E-state index is -0.548. The van der Waals surface area contributed by atoms with Gasteiger partial charge in [-0.1, -0.05) is 5.57 Å². The van der Waals surface area contributed by atoms with Gasteiger partial charge in [0.2, 0.25) is 5.82 Å². The highest BCUT2D eigenvalue weighted by Gasteiger charge is 2.23. The van der Waals surface area contributed by atoms with E-state index < -0.39 is 4.92 Å². The summed E-state index contributed by atoms with van der Waals surface area (Å²) in [5, 5.41) is 13.8. The number of hydrogen-bond donors (Lipinski definition) is 1. The molecule has 0 aliphatic carbocycles. The normalized spacial score (nSPS) is 9.89. The van der Waals surface area contributed by atoms with Crippen LogP contribution in [-0.4, -0.2) is 28.0 Å². The second kappa shape index (κ2) is 6.53. The summed E-state index contributed by atoms with van der Waals surface area (Å²) in [6.45, 7) is 8.26. The molecule has 0 aromatic carbocycles. The molecule has 0 saturated carbocycles. The average molecular weight is 252 g/mol. The third-order valence-electron chi connectivity index (χ3n) is 2.08. The first-order chi connectivity index (χ1) is 8.56. The van der Waals surface area contributed by atoms with E-state index in [1.165, 1.54) is 6.33 Å². The van der Waals surface area contributed by atoms with Crippen LogP contribution in [0, 0.1) is 10.1 Å². The van der Waals surface area contributed by atoms with Gasteiger partial charge in [0.05, 0.1) is 11.5 Å². The van der Waals surface area contributed by atoms with Crippen molar-refractivity contribution >= 4 is 11.5 Å². The fourth-order valence-electron chi connectivity index (χ4n) is 1.25. The van der Waals surface area contributed by atoms with E-state index in [0.29, 0.717) is 19.6 Å². The molecule has 1 N–H and O–H groups in total. The maximum absolute atomic E-state index is 11.0. The molecule has 0 amide bonds. The lowest BCUT2D eigenvalue weighted by Crippen LogP contribution is -2.08. The van der Waals surface area contributed by atoms with E-state index in [9.17, 15) is 10.1 Å².